The number of fused-ring (bicyclic) bond motifs is 1. The van der Waals surface area contributed by atoms with Crippen LogP contribution in [0.5, 0.6) is 0 Å². The van der Waals surface area contributed by atoms with Crippen LogP contribution in [0.2, 0.25) is 0 Å². The molecule has 3 N–H and O–H groups in total. The van der Waals surface area contributed by atoms with Crippen LogP contribution in [-0.4, -0.2) is 33.4 Å². The van der Waals surface area contributed by atoms with Gasteiger partial charge in [-0.1, -0.05) is 0 Å². The van der Waals surface area contributed by atoms with Gasteiger partial charge in [0.25, 0.3) is 5.69 Å². The number of benzene rings is 1. The molecule has 1 aromatic heterocycles. The molecule has 1 saturated heterocycles. The summed E-state index contributed by atoms with van der Waals surface area (Å²) in [4.78, 5) is 29.1. The molecule has 0 aliphatic carbocycles. The van der Waals surface area contributed by atoms with E-state index in [-0.39, 0.29) is 17.6 Å². The number of carbonyl (C=O) groups excluding carboxylic acids is 1. The molecule has 0 radical (unpaired) electrons. The Morgan fingerprint density at radius 1 is 1.45 bits per heavy atom. The Kier molecular flexibility index (Phi) is 2.97. The summed E-state index contributed by atoms with van der Waals surface area (Å²) in [5, 5.41) is 16.5. The maximum Gasteiger partial charge on any atom is 0.271 e. The molecule has 1 aliphatic rings. The molecular formula is C12H13N5O3. The number of carbonyl (C=O) groups is 1. The summed E-state index contributed by atoms with van der Waals surface area (Å²) in [5.74, 6) is 0.394. The summed E-state index contributed by atoms with van der Waals surface area (Å²) < 4.78 is 0. The quantitative estimate of drug-likeness (QED) is 0.574. The minimum absolute atomic E-state index is 0.00288. The van der Waals surface area contributed by atoms with Crippen LogP contribution in [0.3, 0.4) is 0 Å². The van der Waals surface area contributed by atoms with Crippen LogP contribution < -0.4 is 10.6 Å². The largest absolute Gasteiger partial charge is 0.354 e. The van der Waals surface area contributed by atoms with Gasteiger partial charge in [-0.15, -0.1) is 0 Å². The summed E-state index contributed by atoms with van der Waals surface area (Å²) in [6.45, 7) is 0.698. The number of anilines is 1. The molecule has 1 aliphatic heterocycles. The van der Waals surface area contributed by atoms with E-state index in [1.54, 1.807) is 6.07 Å². The first kappa shape index (κ1) is 12.4. The van der Waals surface area contributed by atoms with Crippen molar-refractivity contribution in [1.29, 1.82) is 0 Å². The first-order valence-corrected chi connectivity index (χ1v) is 6.32. The maximum absolute atomic E-state index is 11.7. The number of nitrogens with zero attached hydrogens (tertiary/aromatic N) is 2. The molecule has 8 heteroatoms. The minimum atomic E-state index is -0.456. The third kappa shape index (κ3) is 2.27. The summed E-state index contributed by atoms with van der Waals surface area (Å²) in [6.07, 6.45) is 1.65. The molecule has 2 aromatic rings. The van der Waals surface area contributed by atoms with E-state index in [2.05, 4.69) is 20.6 Å². The highest BCUT2D eigenvalue weighted by Crippen LogP contribution is 2.21. The third-order valence-corrected chi connectivity index (χ3v) is 3.27. The van der Waals surface area contributed by atoms with Crippen LogP contribution in [0.25, 0.3) is 11.0 Å². The van der Waals surface area contributed by atoms with Crippen molar-refractivity contribution in [3.8, 4) is 0 Å². The Labute approximate surface area is 113 Å². The molecule has 0 bridgehead atoms. The standard InChI is InChI=1S/C12H13N5O3/c18-11-9(2-1-5-13-11)15-12-14-8-4-3-7(17(19)20)6-10(8)16-12/h3-4,6,9H,1-2,5H2,(H,13,18)(H2,14,15,16). The summed E-state index contributed by atoms with van der Waals surface area (Å²) >= 11 is 0. The van der Waals surface area contributed by atoms with E-state index in [0.29, 0.717) is 23.5 Å². The molecule has 1 unspecified atom stereocenters. The van der Waals surface area contributed by atoms with Gasteiger partial charge in [0.2, 0.25) is 11.9 Å². The number of H-pyrrole nitrogens is 1. The van der Waals surface area contributed by atoms with Gasteiger partial charge in [0.1, 0.15) is 6.04 Å². The highest BCUT2D eigenvalue weighted by Gasteiger charge is 2.22. The van der Waals surface area contributed by atoms with Crippen LogP contribution >= 0.6 is 0 Å². The van der Waals surface area contributed by atoms with E-state index in [1.165, 1.54) is 12.1 Å². The van der Waals surface area contributed by atoms with Gasteiger partial charge in [0.05, 0.1) is 16.0 Å². The zero-order valence-electron chi connectivity index (χ0n) is 10.5. The summed E-state index contributed by atoms with van der Waals surface area (Å²) in [7, 11) is 0. The molecule has 1 fully saturated rings. The predicted octanol–water partition coefficient (Wildman–Crippen LogP) is 1.16. The molecule has 104 valence electrons. The molecule has 0 spiro atoms. The molecule has 1 atom stereocenters. The lowest BCUT2D eigenvalue weighted by atomic mass is 10.1. The number of non-ortho nitro benzene ring substituents is 1. The van der Waals surface area contributed by atoms with Crippen LogP contribution in [-0.2, 0) is 4.79 Å². The number of hydrogen-bond acceptors (Lipinski definition) is 5. The van der Waals surface area contributed by atoms with Gasteiger partial charge < -0.3 is 15.6 Å². The van der Waals surface area contributed by atoms with E-state index in [9.17, 15) is 14.9 Å². The Balaban J connectivity index is 1.85. The van der Waals surface area contributed by atoms with Crippen LogP contribution in [0.1, 0.15) is 12.8 Å². The zero-order chi connectivity index (χ0) is 14.1. The van der Waals surface area contributed by atoms with Gasteiger partial charge in [0.15, 0.2) is 0 Å². The van der Waals surface area contributed by atoms with Crippen molar-refractivity contribution in [3.63, 3.8) is 0 Å². The zero-order valence-corrected chi connectivity index (χ0v) is 10.5. The second-order valence-corrected chi connectivity index (χ2v) is 4.67. The third-order valence-electron chi connectivity index (χ3n) is 3.27. The number of nitro benzene ring substituents is 1. The Bertz CT molecular complexity index is 681. The maximum atomic E-state index is 11.7. The number of nitrogens with one attached hydrogen (secondary N) is 3. The average Bonchev–Trinajstić information content (AvgIpc) is 2.82. The number of rotatable bonds is 3. The van der Waals surface area contributed by atoms with Gasteiger partial charge >= 0.3 is 0 Å². The fraction of sp³-hybridized carbons (Fsp3) is 0.333. The summed E-state index contributed by atoms with van der Waals surface area (Å²) in [6, 6.07) is 4.09. The van der Waals surface area contributed by atoms with Gasteiger partial charge in [-0.2, -0.15) is 0 Å². The number of piperidine rings is 1. The Morgan fingerprint density at radius 3 is 3.05 bits per heavy atom. The second-order valence-electron chi connectivity index (χ2n) is 4.67. The molecule has 8 nitrogen and oxygen atoms in total. The second kappa shape index (κ2) is 4.80. The van der Waals surface area contributed by atoms with E-state index < -0.39 is 4.92 Å². The highest BCUT2D eigenvalue weighted by molar-refractivity contribution is 5.86. The number of aromatic nitrogens is 2. The van der Waals surface area contributed by atoms with E-state index in [0.717, 1.165) is 12.8 Å². The van der Waals surface area contributed by atoms with E-state index in [4.69, 9.17) is 0 Å². The predicted molar refractivity (Wildman–Crippen MR) is 72.4 cm³/mol. The van der Waals surface area contributed by atoms with Crippen molar-refractivity contribution in [2.45, 2.75) is 18.9 Å². The van der Waals surface area contributed by atoms with Crippen LogP contribution in [0, 0.1) is 10.1 Å². The lowest BCUT2D eigenvalue weighted by Gasteiger charge is -2.22. The van der Waals surface area contributed by atoms with Crippen molar-refractivity contribution < 1.29 is 9.72 Å². The molecule has 1 amide bonds. The summed E-state index contributed by atoms with van der Waals surface area (Å²) in [5.41, 5.74) is 1.19. The number of aromatic amines is 1. The van der Waals surface area contributed by atoms with Crippen molar-refractivity contribution in [2.75, 3.05) is 11.9 Å². The van der Waals surface area contributed by atoms with Crippen molar-refractivity contribution in [3.05, 3.63) is 28.3 Å². The monoisotopic (exact) mass is 275 g/mol. The average molecular weight is 275 g/mol. The molecule has 3 rings (SSSR count). The fourth-order valence-electron chi connectivity index (χ4n) is 2.25. The smallest absolute Gasteiger partial charge is 0.271 e. The van der Waals surface area contributed by atoms with Crippen molar-refractivity contribution in [2.24, 2.45) is 0 Å². The highest BCUT2D eigenvalue weighted by atomic mass is 16.6. The lowest BCUT2D eigenvalue weighted by Crippen LogP contribution is -2.44. The van der Waals surface area contributed by atoms with E-state index >= 15 is 0 Å². The fourth-order valence-corrected chi connectivity index (χ4v) is 2.25. The van der Waals surface area contributed by atoms with Crippen molar-refractivity contribution in [1.82, 2.24) is 15.3 Å². The van der Waals surface area contributed by atoms with Gasteiger partial charge in [-0.3, -0.25) is 14.9 Å². The van der Waals surface area contributed by atoms with Crippen LogP contribution in [0.15, 0.2) is 18.2 Å². The Hall–Kier alpha value is -2.64. The first-order chi connectivity index (χ1) is 9.63. The van der Waals surface area contributed by atoms with Crippen LogP contribution in [0.4, 0.5) is 11.6 Å². The minimum Gasteiger partial charge on any atom is -0.354 e. The molecule has 0 saturated carbocycles. The number of amides is 1. The topological polar surface area (TPSA) is 113 Å². The molecule has 20 heavy (non-hydrogen) atoms. The molecule has 2 heterocycles. The van der Waals surface area contributed by atoms with Gasteiger partial charge in [-0.25, -0.2) is 4.98 Å². The molecule has 1 aromatic carbocycles. The van der Waals surface area contributed by atoms with E-state index in [1.807, 2.05) is 0 Å². The first-order valence-electron chi connectivity index (χ1n) is 6.32. The molecular weight excluding hydrogens is 262 g/mol. The number of hydrogen-bond donors (Lipinski definition) is 3. The number of nitro groups is 1. The van der Waals surface area contributed by atoms with Gasteiger partial charge in [0, 0.05) is 18.7 Å². The number of imidazole rings is 1. The SMILES string of the molecule is O=C1NCCCC1Nc1nc2ccc([N+](=O)[O-])cc2[nH]1. The lowest BCUT2D eigenvalue weighted by molar-refractivity contribution is -0.384. The van der Waals surface area contributed by atoms with Gasteiger partial charge in [-0.05, 0) is 18.9 Å². The normalized spacial score (nSPS) is 18.8. The van der Waals surface area contributed by atoms with Crippen molar-refractivity contribution >= 4 is 28.6 Å². The Morgan fingerprint density at radius 2 is 2.30 bits per heavy atom.